The SMILES string of the molecule is C=C/C=C/N1C(=O)CC[C@H]1C(=O)O. The van der Waals surface area contributed by atoms with E-state index in [0.717, 1.165) is 0 Å². The van der Waals surface area contributed by atoms with E-state index in [4.69, 9.17) is 5.11 Å². The molecule has 1 N–H and O–H groups in total. The standard InChI is InChI=1S/C9H11NO3/c1-2-3-6-10-7(9(12)13)4-5-8(10)11/h2-3,6-7H,1,4-5H2,(H,12,13)/b6-3+/t7-/m0/s1. The summed E-state index contributed by atoms with van der Waals surface area (Å²) in [5.74, 6) is -1.11. The van der Waals surface area contributed by atoms with Crippen LogP contribution in [0, 0.1) is 0 Å². The Morgan fingerprint density at radius 2 is 2.38 bits per heavy atom. The number of allylic oxidation sites excluding steroid dienone is 2. The molecule has 1 atom stereocenters. The summed E-state index contributed by atoms with van der Waals surface area (Å²) in [7, 11) is 0. The number of hydrogen-bond donors (Lipinski definition) is 1. The first-order valence-corrected chi connectivity index (χ1v) is 4.00. The van der Waals surface area contributed by atoms with Gasteiger partial charge in [0.15, 0.2) is 0 Å². The van der Waals surface area contributed by atoms with Crippen molar-refractivity contribution in [2.45, 2.75) is 18.9 Å². The topological polar surface area (TPSA) is 57.6 Å². The van der Waals surface area contributed by atoms with Gasteiger partial charge in [0.2, 0.25) is 5.91 Å². The number of aliphatic carboxylic acids is 1. The molecule has 4 heteroatoms. The number of carbonyl (C=O) groups excluding carboxylic acids is 1. The third-order valence-corrected chi connectivity index (χ3v) is 1.92. The lowest BCUT2D eigenvalue weighted by atomic mass is 10.2. The monoisotopic (exact) mass is 181 g/mol. The number of carboxylic acid groups (broad SMARTS) is 1. The molecule has 70 valence electrons. The van der Waals surface area contributed by atoms with Crippen molar-refractivity contribution in [2.24, 2.45) is 0 Å². The van der Waals surface area contributed by atoms with E-state index in [1.165, 1.54) is 17.2 Å². The summed E-state index contributed by atoms with van der Waals surface area (Å²) in [6.45, 7) is 3.44. The predicted molar refractivity (Wildman–Crippen MR) is 46.8 cm³/mol. The first-order valence-electron chi connectivity index (χ1n) is 4.00. The molecule has 0 radical (unpaired) electrons. The van der Waals surface area contributed by atoms with Crippen LogP contribution in [0.5, 0.6) is 0 Å². The Hall–Kier alpha value is -1.58. The number of nitrogens with zero attached hydrogens (tertiary/aromatic N) is 1. The van der Waals surface area contributed by atoms with E-state index in [9.17, 15) is 9.59 Å². The number of likely N-dealkylation sites (tertiary alicyclic amines) is 1. The molecule has 1 aliphatic heterocycles. The second kappa shape index (κ2) is 3.89. The van der Waals surface area contributed by atoms with Gasteiger partial charge in [0.25, 0.3) is 0 Å². The van der Waals surface area contributed by atoms with Crippen molar-refractivity contribution in [2.75, 3.05) is 0 Å². The summed E-state index contributed by atoms with van der Waals surface area (Å²) in [5, 5.41) is 8.75. The highest BCUT2D eigenvalue weighted by Crippen LogP contribution is 2.18. The zero-order valence-electron chi connectivity index (χ0n) is 7.14. The lowest BCUT2D eigenvalue weighted by Gasteiger charge is -2.15. The number of hydrogen-bond acceptors (Lipinski definition) is 2. The molecule has 0 aromatic carbocycles. The van der Waals surface area contributed by atoms with Gasteiger partial charge < -0.3 is 10.0 Å². The van der Waals surface area contributed by atoms with Crippen LogP contribution in [0.3, 0.4) is 0 Å². The van der Waals surface area contributed by atoms with Crippen molar-refractivity contribution >= 4 is 11.9 Å². The van der Waals surface area contributed by atoms with Crippen LogP contribution in [0.1, 0.15) is 12.8 Å². The van der Waals surface area contributed by atoms with E-state index >= 15 is 0 Å². The minimum atomic E-state index is -0.959. The fraction of sp³-hybridized carbons (Fsp3) is 0.333. The Kier molecular flexibility index (Phi) is 2.84. The molecule has 1 aliphatic rings. The summed E-state index contributed by atoms with van der Waals surface area (Å²) >= 11 is 0. The fourth-order valence-corrected chi connectivity index (χ4v) is 1.29. The van der Waals surface area contributed by atoms with Gasteiger partial charge in [-0.3, -0.25) is 4.79 Å². The van der Waals surface area contributed by atoms with Gasteiger partial charge in [-0.05, 0) is 12.5 Å². The van der Waals surface area contributed by atoms with Crippen LogP contribution in [-0.4, -0.2) is 27.9 Å². The number of carboxylic acids is 1. The minimum absolute atomic E-state index is 0.148. The van der Waals surface area contributed by atoms with E-state index in [0.29, 0.717) is 12.8 Å². The Morgan fingerprint density at radius 3 is 2.92 bits per heavy atom. The molecule has 1 rings (SSSR count). The number of rotatable bonds is 3. The summed E-state index contributed by atoms with van der Waals surface area (Å²) < 4.78 is 0. The predicted octanol–water partition coefficient (Wildman–Crippen LogP) is 0.762. The van der Waals surface area contributed by atoms with Crippen molar-refractivity contribution in [1.29, 1.82) is 0 Å². The van der Waals surface area contributed by atoms with Crippen LogP contribution in [0.15, 0.2) is 24.9 Å². The van der Waals surface area contributed by atoms with Gasteiger partial charge in [0.1, 0.15) is 6.04 Å². The molecule has 0 spiro atoms. The van der Waals surface area contributed by atoms with Gasteiger partial charge in [-0.25, -0.2) is 4.79 Å². The Bertz CT molecular complexity index is 270. The molecule has 1 saturated heterocycles. The lowest BCUT2D eigenvalue weighted by molar-refractivity contribution is -0.144. The average molecular weight is 181 g/mol. The van der Waals surface area contributed by atoms with Crippen LogP contribution in [0.25, 0.3) is 0 Å². The van der Waals surface area contributed by atoms with Crippen LogP contribution in [0.4, 0.5) is 0 Å². The highest BCUT2D eigenvalue weighted by atomic mass is 16.4. The van der Waals surface area contributed by atoms with E-state index in [-0.39, 0.29) is 5.91 Å². The average Bonchev–Trinajstić information content (AvgIpc) is 2.43. The van der Waals surface area contributed by atoms with Gasteiger partial charge in [-0.1, -0.05) is 12.7 Å². The molecule has 0 aliphatic carbocycles. The first-order chi connectivity index (χ1) is 6.16. The Balaban J connectivity index is 2.76. The van der Waals surface area contributed by atoms with Crippen LogP contribution in [-0.2, 0) is 9.59 Å². The smallest absolute Gasteiger partial charge is 0.326 e. The first kappa shape index (κ1) is 9.51. The molecule has 4 nitrogen and oxygen atoms in total. The molecule has 0 aromatic rings. The molecule has 13 heavy (non-hydrogen) atoms. The lowest BCUT2D eigenvalue weighted by Crippen LogP contribution is -2.34. The highest BCUT2D eigenvalue weighted by Gasteiger charge is 2.34. The van der Waals surface area contributed by atoms with E-state index in [1.807, 2.05) is 0 Å². The maximum Gasteiger partial charge on any atom is 0.326 e. The minimum Gasteiger partial charge on any atom is -0.480 e. The fourth-order valence-electron chi connectivity index (χ4n) is 1.29. The summed E-state index contributed by atoms with van der Waals surface area (Å²) in [5.41, 5.74) is 0. The maximum absolute atomic E-state index is 11.2. The molecule has 1 amide bonds. The van der Waals surface area contributed by atoms with E-state index in [1.54, 1.807) is 6.08 Å². The zero-order chi connectivity index (χ0) is 9.84. The van der Waals surface area contributed by atoms with Gasteiger partial charge in [0, 0.05) is 12.6 Å². The van der Waals surface area contributed by atoms with E-state index in [2.05, 4.69) is 6.58 Å². The van der Waals surface area contributed by atoms with Crippen molar-refractivity contribution in [3.05, 3.63) is 24.9 Å². The summed E-state index contributed by atoms with van der Waals surface area (Å²) in [6.07, 6.45) is 5.21. The van der Waals surface area contributed by atoms with Crippen molar-refractivity contribution < 1.29 is 14.7 Å². The van der Waals surface area contributed by atoms with Gasteiger partial charge >= 0.3 is 5.97 Å². The third kappa shape index (κ3) is 1.96. The zero-order valence-corrected chi connectivity index (χ0v) is 7.14. The Morgan fingerprint density at radius 1 is 1.69 bits per heavy atom. The molecule has 0 saturated carbocycles. The second-order valence-corrected chi connectivity index (χ2v) is 2.77. The quantitative estimate of drug-likeness (QED) is 0.654. The normalized spacial score (nSPS) is 22.6. The number of carbonyl (C=O) groups is 2. The molecule has 1 fully saturated rings. The molecule has 0 unspecified atom stereocenters. The van der Waals surface area contributed by atoms with Crippen LogP contribution < -0.4 is 0 Å². The largest absolute Gasteiger partial charge is 0.480 e. The van der Waals surface area contributed by atoms with Gasteiger partial charge in [-0.2, -0.15) is 0 Å². The summed E-state index contributed by atoms with van der Waals surface area (Å²) in [6, 6.07) is -0.705. The molecule has 0 bridgehead atoms. The van der Waals surface area contributed by atoms with Gasteiger partial charge in [-0.15, -0.1) is 0 Å². The summed E-state index contributed by atoms with van der Waals surface area (Å²) in [4.78, 5) is 23.1. The van der Waals surface area contributed by atoms with Crippen molar-refractivity contribution in [1.82, 2.24) is 4.90 Å². The van der Waals surface area contributed by atoms with Crippen molar-refractivity contribution in [3.63, 3.8) is 0 Å². The van der Waals surface area contributed by atoms with Crippen LogP contribution >= 0.6 is 0 Å². The molecule has 1 heterocycles. The second-order valence-electron chi connectivity index (χ2n) is 2.77. The number of amides is 1. The van der Waals surface area contributed by atoms with E-state index < -0.39 is 12.0 Å². The molecular weight excluding hydrogens is 170 g/mol. The third-order valence-electron chi connectivity index (χ3n) is 1.92. The maximum atomic E-state index is 11.2. The van der Waals surface area contributed by atoms with Crippen molar-refractivity contribution in [3.8, 4) is 0 Å². The Labute approximate surface area is 76.2 Å². The highest BCUT2D eigenvalue weighted by molar-refractivity contribution is 5.88. The van der Waals surface area contributed by atoms with Crippen LogP contribution in [0.2, 0.25) is 0 Å². The molecular formula is C9H11NO3. The van der Waals surface area contributed by atoms with Gasteiger partial charge in [0.05, 0.1) is 0 Å². The molecule has 0 aromatic heterocycles.